The molecule has 1 nitrogen and oxygen atoms in total. The first-order chi connectivity index (χ1) is 17.4. The molecule has 0 saturated heterocycles. The van der Waals surface area contributed by atoms with Crippen molar-refractivity contribution in [2.24, 2.45) is 0 Å². The van der Waals surface area contributed by atoms with E-state index >= 15 is 0 Å². The van der Waals surface area contributed by atoms with Crippen molar-refractivity contribution in [3.05, 3.63) is 112 Å². The number of hydrogen-bond donors (Lipinski definition) is 0. The molecule has 36 heavy (non-hydrogen) atoms. The Morgan fingerprint density at radius 3 is 2.36 bits per heavy atom. The van der Waals surface area contributed by atoms with Crippen molar-refractivity contribution in [3.63, 3.8) is 0 Å². The molecule has 184 valence electrons. The van der Waals surface area contributed by atoms with Gasteiger partial charge in [-0.25, -0.2) is 17.6 Å². The zero-order valence-corrected chi connectivity index (χ0v) is 20.0. The second-order valence-corrected chi connectivity index (χ2v) is 8.67. The van der Waals surface area contributed by atoms with Crippen molar-refractivity contribution < 1.29 is 22.3 Å². The van der Waals surface area contributed by atoms with E-state index in [0.29, 0.717) is 41.7 Å². The van der Waals surface area contributed by atoms with Gasteiger partial charge in [-0.1, -0.05) is 55.9 Å². The molecule has 4 aromatic carbocycles. The zero-order chi connectivity index (χ0) is 25.5. The van der Waals surface area contributed by atoms with Gasteiger partial charge in [0, 0.05) is 17.0 Å². The van der Waals surface area contributed by atoms with Gasteiger partial charge in [0.25, 0.3) is 0 Å². The predicted molar refractivity (Wildman–Crippen MR) is 135 cm³/mol. The fraction of sp³-hybridized carbons (Fsp3) is 0.226. The molecule has 0 bridgehead atoms. The van der Waals surface area contributed by atoms with Crippen LogP contribution in [0, 0.1) is 35.1 Å². The van der Waals surface area contributed by atoms with Gasteiger partial charge in [0.05, 0.1) is 12.2 Å². The summed E-state index contributed by atoms with van der Waals surface area (Å²) in [6.07, 6.45) is 4.02. The highest BCUT2D eigenvalue weighted by atomic mass is 19.2. The molecule has 0 aliphatic heterocycles. The molecule has 0 aliphatic rings. The minimum atomic E-state index is -0.907. The molecule has 0 atom stereocenters. The number of fused-ring (bicyclic) bond motifs is 1. The summed E-state index contributed by atoms with van der Waals surface area (Å²) in [6.45, 7) is 2.68. The number of halogens is 4. The molecule has 0 fully saturated rings. The van der Waals surface area contributed by atoms with Gasteiger partial charge in [-0.2, -0.15) is 0 Å². The van der Waals surface area contributed by atoms with Gasteiger partial charge in [0.1, 0.15) is 17.4 Å². The summed E-state index contributed by atoms with van der Waals surface area (Å²) in [4.78, 5) is 0. The van der Waals surface area contributed by atoms with Gasteiger partial charge in [-0.05, 0) is 72.2 Å². The first kappa shape index (κ1) is 25.3. The monoisotopic (exact) mass is 490 g/mol. The molecular weight excluding hydrogens is 464 g/mol. The third kappa shape index (κ3) is 6.26. The second kappa shape index (κ2) is 11.8. The Labute approximate surface area is 208 Å². The first-order valence-corrected chi connectivity index (χ1v) is 12.0. The number of rotatable bonds is 8. The lowest BCUT2D eigenvalue weighted by Gasteiger charge is -2.09. The summed E-state index contributed by atoms with van der Waals surface area (Å²) >= 11 is 0. The van der Waals surface area contributed by atoms with E-state index in [4.69, 9.17) is 4.74 Å². The van der Waals surface area contributed by atoms with Crippen LogP contribution in [-0.4, -0.2) is 6.61 Å². The summed E-state index contributed by atoms with van der Waals surface area (Å²) < 4.78 is 61.9. The van der Waals surface area contributed by atoms with Gasteiger partial charge < -0.3 is 4.74 Å². The lowest BCUT2D eigenvalue weighted by Crippen LogP contribution is -2.00. The van der Waals surface area contributed by atoms with Crippen molar-refractivity contribution >= 4 is 10.8 Å². The second-order valence-electron chi connectivity index (χ2n) is 8.67. The van der Waals surface area contributed by atoms with E-state index in [2.05, 4.69) is 18.8 Å². The minimum Gasteiger partial charge on any atom is -0.493 e. The molecule has 0 heterocycles. The lowest BCUT2D eigenvalue weighted by atomic mass is 10.0. The van der Waals surface area contributed by atoms with Crippen LogP contribution in [0.15, 0.2) is 66.7 Å². The molecule has 0 saturated carbocycles. The van der Waals surface area contributed by atoms with E-state index in [1.165, 1.54) is 24.3 Å². The summed E-state index contributed by atoms with van der Waals surface area (Å²) in [6, 6.07) is 16.9. The highest BCUT2D eigenvalue weighted by molar-refractivity contribution is 5.84. The minimum absolute atomic E-state index is 0.168. The predicted octanol–water partition coefficient (Wildman–Crippen LogP) is 8.15. The number of unbranched alkanes of at least 4 members (excludes halogenated alkanes) is 2. The van der Waals surface area contributed by atoms with Crippen LogP contribution in [0.25, 0.3) is 10.8 Å². The zero-order valence-electron chi connectivity index (χ0n) is 20.0. The van der Waals surface area contributed by atoms with Gasteiger partial charge in [0.2, 0.25) is 0 Å². The summed E-state index contributed by atoms with van der Waals surface area (Å²) in [5, 5.41) is 0.682. The highest BCUT2D eigenvalue weighted by Crippen LogP contribution is 2.22. The highest BCUT2D eigenvalue weighted by Gasteiger charge is 2.08. The van der Waals surface area contributed by atoms with E-state index < -0.39 is 17.5 Å². The number of ether oxygens (including phenoxy) is 1. The van der Waals surface area contributed by atoms with Gasteiger partial charge in [-0.3, -0.25) is 0 Å². The Balaban J connectivity index is 1.39. The molecule has 0 amide bonds. The van der Waals surface area contributed by atoms with E-state index in [9.17, 15) is 17.6 Å². The molecule has 4 aromatic rings. The summed E-state index contributed by atoms with van der Waals surface area (Å²) in [5.74, 6) is 3.58. The molecule has 0 aliphatic carbocycles. The summed E-state index contributed by atoms with van der Waals surface area (Å²) in [7, 11) is 0. The first-order valence-electron chi connectivity index (χ1n) is 12.0. The van der Waals surface area contributed by atoms with Crippen LogP contribution in [0.1, 0.15) is 48.4 Å². The normalized spacial score (nSPS) is 10.8. The fourth-order valence-corrected chi connectivity index (χ4v) is 3.94. The Hall–Kier alpha value is -3.78. The van der Waals surface area contributed by atoms with Gasteiger partial charge >= 0.3 is 0 Å². The molecule has 0 aromatic heterocycles. The van der Waals surface area contributed by atoms with E-state index in [1.807, 2.05) is 0 Å². The quantitative estimate of drug-likeness (QED) is 0.138. The third-order valence-corrected chi connectivity index (χ3v) is 6.01. The Morgan fingerprint density at radius 1 is 0.722 bits per heavy atom. The van der Waals surface area contributed by atoms with Crippen molar-refractivity contribution in [1.29, 1.82) is 0 Å². The Kier molecular flexibility index (Phi) is 8.28. The maximum atomic E-state index is 14.7. The summed E-state index contributed by atoms with van der Waals surface area (Å²) in [5.41, 5.74) is 2.07. The van der Waals surface area contributed by atoms with Crippen LogP contribution in [0.5, 0.6) is 5.75 Å². The molecular formula is C31H26F4O. The lowest BCUT2D eigenvalue weighted by molar-refractivity contribution is 0.304. The van der Waals surface area contributed by atoms with Crippen LogP contribution in [-0.2, 0) is 12.8 Å². The van der Waals surface area contributed by atoms with Crippen LogP contribution in [0.3, 0.4) is 0 Å². The number of benzene rings is 4. The largest absolute Gasteiger partial charge is 0.493 e. The maximum Gasteiger partial charge on any atom is 0.166 e. The smallest absolute Gasteiger partial charge is 0.166 e. The number of aryl methyl sites for hydroxylation is 2. The maximum absolute atomic E-state index is 14.7. The van der Waals surface area contributed by atoms with Crippen molar-refractivity contribution in [1.82, 2.24) is 0 Å². The molecule has 5 heteroatoms. The molecule has 0 spiro atoms. The average Bonchev–Trinajstić information content (AvgIpc) is 2.88. The number of hydrogen-bond acceptors (Lipinski definition) is 1. The van der Waals surface area contributed by atoms with Crippen LogP contribution < -0.4 is 4.74 Å². The molecule has 4 rings (SSSR count). The molecule has 0 unspecified atom stereocenters. The Bertz CT molecular complexity index is 1430. The van der Waals surface area contributed by atoms with Crippen molar-refractivity contribution in [2.45, 2.75) is 39.0 Å². The van der Waals surface area contributed by atoms with Crippen LogP contribution in [0.2, 0.25) is 0 Å². The van der Waals surface area contributed by atoms with Crippen molar-refractivity contribution in [2.75, 3.05) is 6.61 Å². The van der Waals surface area contributed by atoms with Crippen LogP contribution >= 0.6 is 0 Å². The van der Waals surface area contributed by atoms with Crippen molar-refractivity contribution in [3.8, 4) is 17.6 Å². The fourth-order valence-electron chi connectivity index (χ4n) is 3.94. The van der Waals surface area contributed by atoms with E-state index in [1.54, 1.807) is 36.4 Å². The SMILES string of the molecule is CCCCCOc1ccc(CCc2ccc(C#Cc3ccc4c(F)c(F)ccc4c3)c(F)c2)c(F)c1. The average molecular weight is 491 g/mol. The molecule has 0 N–H and O–H groups in total. The van der Waals surface area contributed by atoms with Crippen LogP contribution in [0.4, 0.5) is 17.6 Å². The van der Waals surface area contributed by atoms with E-state index in [0.717, 1.165) is 30.9 Å². The van der Waals surface area contributed by atoms with E-state index in [-0.39, 0.29) is 16.8 Å². The van der Waals surface area contributed by atoms with Gasteiger partial charge in [0.15, 0.2) is 11.6 Å². The third-order valence-electron chi connectivity index (χ3n) is 6.01. The topological polar surface area (TPSA) is 9.23 Å². The van der Waals surface area contributed by atoms with Gasteiger partial charge in [-0.15, -0.1) is 0 Å². The standard InChI is InChI=1S/C31H26F4O/c1-2-3-4-17-36-26-14-12-24(30(34)20-26)11-7-22-6-10-23(29(33)19-22)9-5-21-8-15-27-25(18-21)13-16-28(32)31(27)35/h6,8,10,12-16,18-20H,2-4,7,11,17H2,1H3. The molecule has 0 radical (unpaired) electrons. The Morgan fingerprint density at radius 2 is 1.58 bits per heavy atom.